The van der Waals surface area contributed by atoms with E-state index in [0.717, 1.165) is 32.1 Å². The maximum Gasteiger partial charge on any atom is 0.150 e. The first-order valence-corrected chi connectivity index (χ1v) is 9.87. The molecular weight excluding hydrogens is 274 g/mol. The minimum atomic E-state index is -2.95. The van der Waals surface area contributed by atoms with Crippen molar-refractivity contribution in [3.8, 4) is 0 Å². The maximum absolute atomic E-state index is 11.7. The van der Waals surface area contributed by atoms with Gasteiger partial charge in [0.05, 0.1) is 17.0 Å². The van der Waals surface area contributed by atoms with Crippen molar-refractivity contribution in [1.82, 2.24) is 0 Å². The molecule has 2 rings (SSSR count). The quantitative estimate of drug-likeness (QED) is 0.865. The van der Waals surface area contributed by atoms with E-state index < -0.39 is 9.84 Å². The van der Waals surface area contributed by atoms with Gasteiger partial charge in [-0.3, -0.25) is 0 Å². The highest BCUT2D eigenvalue weighted by molar-refractivity contribution is 7.91. The lowest BCUT2D eigenvalue weighted by Gasteiger charge is -2.43. The second-order valence-electron chi connectivity index (χ2n) is 6.95. The smallest absolute Gasteiger partial charge is 0.150 e. The fourth-order valence-corrected chi connectivity index (χ4v) is 5.06. The third kappa shape index (κ3) is 3.95. The van der Waals surface area contributed by atoms with Gasteiger partial charge in [-0.2, -0.15) is 0 Å². The Labute approximate surface area is 123 Å². The van der Waals surface area contributed by atoms with Crippen LogP contribution in [0.4, 0.5) is 0 Å². The highest BCUT2D eigenvalue weighted by Gasteiger charge is 2.39. The molecule has 2 saturated carbocycles. The van der Waals surface area contributed by atoms with Gasteiger partial charge >= 0.3 is 0 Å². The molecule has 0 aliphatic heterocycles. The molecule has 0 radical (unpaired) electrons. The third-order valence-electron chi connectivity index (χ3n) is 5.02. The average Bonchev–Trinajstić information content (AvgIpc) is 2.38. The molecule has 0 aromatic heterocycles. The van der Waals surface area contributed by atoms with E-state index in [4.69, 9.17) is 10.5 Å². The molecule has 0 aromatic carbocycles. The highest BCUT2D eigenvalue weighted by atomic mass is 32.2. The molecule has 0 aromatic rings. The van der Waals surface area contributed by atoms with Gasteiger partial charge in [0.1, 0.15) is 9.84 Å². The van der Waals surface area contributed by atoms with Crippen molar-refractivity contribution in [2.24, 2.45) is 11.7 Å². The lowest BCUT2D eigenvalue weighted by Crippen LogP contribution is -2.48. The summed E-state index contributed by atoms with van der Waals surface area (Å²) >= 11 is 0. The van der Waals surface area contributed by atoms with Crippen LogP contribution in [-0.4, -0.2) is 38.2 Å². The molecule has 2 aliphatic carbocycles. The zero-order chi connectivity index (χ0) is 14.8. The minimum Gasteiger partial charge on any atom is -0.370 e. The van der Waals surface area contributed by atoms with E-state index in [2.05, 4.69) is 6.92 Å². The minimum absolute atomic E-state index is 0.0670. The van der Waals surface area contributed by atoms with E-state index in [1.807, 2.05) is 0 Å². The Morgan fingerprint density at radius 3 is 2.60 bits per heavy atom. The predicted octanol–water partition coefficient (Wildman–Crippen LogP) is 2.27. The number of hydrogen-bond donors (Lipinski definition) is 1. The molecule has 2 N–H and O–H groups in total. The number of rotatable bonds is 4. The van der Waals surface area contributed by atoms with Crippen molar-refractivity contribution in [2.75, 3.05) is 12.8 Å². The van der Waals surface area contributed by atoms with Gasteiger partial charge in [-0.25, -0.2) is 8.42 Å². The Kier molecular flexibility index (Phi) is 5.14. The van der Waals surface area contributed by atoms with Gasteiger partial charge in [-0.05, 0) is 44.4 Å². The van der Waals surface area contributed by atoms with Crippen molar-refractivity contribution in [2.45, 2.75) is 75.2 Å². The van der Waals surface area contributed by atoms with Crippen molar-refractivity contribution < 1.29 is 13.2 Å². The van der Waals surface area contributed by atoms with Crippen LogP contribution in [0.5, 0.6) is 0 Å². The number of hydrogen-bond acceptors (Lipinski definition) is 4. The van der Waals surface area contributed by atoms with E-state index in [1.165, 1.54) is 19.1 Å². The zero-order valence-corrected chi connectivity index (χ0v) is 13.6. The largest absolute Gasteiger partial charge is 0.370 e. The molecule has 2 fully saturated rings. The molecule has 4 atom stereocenters. The first kappa shape index (κ1) is 16.2. The van der Waals surface area contributed by atoms with E-state index in [9.17, 15) is 8.42 Å². The van der Waals surface area contributed by atoms with Crippen LogP contribution in [0.25, 0.3) is 0 Å². The molecular formula is C15H29NO3S. The molecule has 0 saturated heterocycles. The topological polar surface area (TPSA) is 69.4 Å². The fourth-order valence-electron chi connectivity index (χ4n) is 3.90. The van der Waals surface area contributed by atoms with Crippen LogP contribution in [0.3, 0.4) is 0 Å². The molecule has 2 aliphatic rings. The summed E-state index contributed by atoms with van der Waals surface area (Å²) in [5.41, 5.74) is 5.79. The lowest BCUT2D eigenvalue weighted by molar-refractivity contribution is -0.125. The molecule has 4 unspecified atom stereocenters. The Morgan fingerprint density at radius 2 is 2.00 bits per heavy atom. The standard InChI is InChI=1S/C15H29NO3S/c1-12-5-4-8-15(10-12,11-16)19-13-6-3-7-14(9-13)20(2,17)18/h12-14H,3-11,16H2,1-2H3. The van der Waals surface area contributed by atoms with Gasteiger partial charge in [-0.1, -0.05) is 19.8 Å². The summed E-state index contributed by atoms with van der Waals surface area (Å²) < 4.78 is 29.9. The van der Waals surface area contributed by atoms with Crippen LogP contribution in [0.2, 0.25) is 0 Å². The Balaban J connectivity index is 2.00. The molecule has 5 heteroatoms. The maximum atomic E-state index is 11.7. The first-order valence-electron chi connectivity index (χ1n) is 7.91. The lowest BCUT2D eigenvalue weighted by atomic mass is 9.78. The second kappa shape index (κ2) is 6.32. The molecule has 20 heavy (non-hydrogen) atoms. The molecule has 0 amide bonds. The van der Waals surface area contributed by atoms with Crippen molar-refractivity contribution in [3.63, 3.8) is 0 Å². The summed E-state index contributed by atoms with van der Waals surface area (Å²) in [5, 5.41) is -0.225. The van der Waals surface area contributed by atoms with E-state index in [1.54, 1.807) is 0 Å². The van der Waals surface area contributed by atoms with Gasteiger partial charge < -0.3 is 10.5 Å². The van der Waals surface area contributed by atoms with Crippen molar-refractivity contribution >= 4 is 9.84 Å². The molecule has 4 nitrogen and oxygen atoms in total. The van der Waals surface area contributed by atoms with E-state index >= 15 is 0 Å². The molecule has 118 valence electrons. The normalized spacial score (nSPS) is 39.6. The van der Waals surface area contributed by atoms with Crippen molar-refractivity contribution in [3.05, 3.63) is 0 Å². The summed E-state index contributed by atoms with van der Waals surface area (Å²) in [7, 11) is -2.95. The van der Waals surface area contributed by atoms with Crippen LogP contribution in [0, 0.1) is 5.92 Å². The van der Waals surface area contributed by atoms with Gasteiger partial charge in [0.2, 0.25) is 0 Å². The summed E-state index contributed by atoms with van der Waals surface area (Å²) in [6.07, 6.45) is 9.22. The van der Waals surface area contributed by atoms with Crippen LogP contribution in [-0.2, 0) is 14.6 Å². The Hall–Kier alpha value is -0.130. The van der Waals surface area contributed by atoms with E-state index in [0.29, 0.717) is 18.9 Å². The van der Waals surface area contributed by atoms with Crippen LogP contribution in [0.15, 0.2) is 0 Å². The predicted molar refractivity (Wildman–Crippen MR) is 81.4 cm³/mol. The Morgan fingerprint density at radius 1 is 1.25 bits per heavy atom. The summed E-state index contributed by atoms with van der Waals surface area (Å²) in [5.74, 6) is 0.654. The monoisotopic (exact) mass is 303 g/mol. The molecule has 0 bridgehead atoms. The number of sulfone groups is 1. The van der Waals surface area contributed by atoms with Crippen LogP contribution >= 0.6 is 0 Å². The number of nitrogens with two attached hydrogens (primary N) is 1. The SMILES string of the molecule is CC1CCCC(CN)(OC2CCCC(S(C)(=O)=O)C2)C1. The van der Waals surface area contributed by atoms with Crippen LogP contribution in [0.1, 0.15) is 58.3 Å². The molecule has 0 spiro atoms. The van der Waals surface area contributed by atoms with Gasteiger partial charge in [0.25, 0.3) is 0 Å². The van der Waals surface area contributed by atoms with Gasteiger partial charge in [0.15, 0.2) is 0 Å². The zero-order valence-electron chi connectivity index (χ0n) is 12.8. The average molecular weight is 303 g/mol. The summed E-state index contributed by atoms with van der Waals surface area (Å²) in [6.45, 7) is 2.81. The second-order valence-corrected chi connectivity index (χ2v) is 9.27. The third-order valence-corrected chi connectivity index (χ3v) is 6.66. The van der Waals surface area contributed by atoms with Gasteiger partial charge in [0, 0.05) is 12.8 Å². The van der Waals surface area contributed by atoms with Gasteiger partial charge in [-0.15, -0.1) is 0 Å². The Bertz CT molecular complexity index is 423. The number of ether oxygens (including phenoxy) is 1. The summed E-state index contributed by atoms with van der Waals surface area (Å²) in [6, 6.07) is 0. The van der Waals surface area contributed by atoms with Crippen molar-refractivity contribution in [1.29, 1.82) is 0 Å². The van der Waals surface area contributed by atoms with E-state index in [-0.39, 0.29) is 17.0 Å². The summed E-state index contributed by atoms with van der Waals surface area (Å²) in [4.78, 5) is 0. The van der Waals surface area contributed by atoms with Crippen LogP contribution < -0.4 is 5.73 Å². The first-order chi connectivity index (χ1) is 9.35. The molecule has 0 heterocycles. The highest BCUT2D eigenvalue weighted by Crippen LogP contribution is 2.38. The fraction of sp³-hybridized carbons (Fsp3) is 1.00.